The highest BCUT2D eigenvalue weighted by Gasteiger charge is 2.24. The zero-order valence-corrected chi connectivity index (χ0v) is 18.5. The van der Waals surface area contributed by atoms with Gasteiger partial charge in [0.05, 0.1) is 17.1 Å². The number of nitrogens with one attached hydrogen (secondary N) is 1. The van der Waals surface area contributed by atoms with Crippen LogP contribution < -0.4 is 15.0 Å². The number of sulfonamides is 1. The van der Waals surface area contributed by atoms with E-state index in [0.29, 0.717) is 17.9 Å². The number of piperidine rings is 1. The van der Waals surface area contributed by atoms with Gasteiger partial charge in [-0.3, -0.25) is 4.79 Å². The number of benzene rings is 2. The van der Waals surface area contributed by atoms with Crippen molar-refractivity contribution < 1.29 is 17.9 Å². The molecule has 0 aromatic heterocycles. The number of hydrogen-bond acceptors (Lipinski definition) is 5. The van der Waals surface area contributed by atoms with Gasteiger partial charge in [0.1, 0.15) is 5.75 Å². The van der Waals surface area contributed by atoms with Gasteiger partial charge in [-0.05, 0) is 68.7 Å². The van der Waals surface area contributed by atoms with E-state index in [4.69, 9.17) is 4.74 Å². The Balaban J connectivity index is 1.95. The summed E-state index contributed by atoms with van der Waals surface area (Å²) in [5.74, 6) is 0.388. The molecule has 0 atom stereocenters. The lowest BCUT2D eigenvalue weighted by molar-refractivity contribution is 0.102. The Morgan fingerprint density at radius 2 is 1.73 bits per heavy atom. The Morgan fingerprint density at radius 3 is 2.33 bits per heavy atom. The number of carbonyl (C=O) groups is 1. The van der Waals surface area contributed by atoms with E-state index in [1.165, 1.54) is 20.2 Å². The number of carbonyl (C=O) groups excluding carboxylic acids is 1. The summed E-state index contributed by atoms with van der Waals surface area (Å²) >= 11 is 0. The molecule has 7 nitrogen and oxygen atoms in total. The van der Waals surface area contributed by atoms with E-state index in [1.807, 2.05) is 6.92 Å². The van der Waals surface area contributed by atoms with E-state index in [0.717, 1.165) is 48.1 Å². The number of ether oxygens (including phenoxy) is 1. The van der Waals surface area contributed by atoms with Crippen LogP contribution >= 0.6 is 0 Å². The average Bonchev–Trinajstić information content (AvgIpc) is 2.75. The average molecular weight is 432 g/mol. The predicted octanol–water partition coefficient (Wildman–Crippen LogP) is 3.58. The van der Waals surface area contributed by atoms with Gasteiger partial charge in [0, 0.05) is 38.6 Å². The standard InChI is InChI=1S/C22H29N3O4S/c1-4-29-18-10-8-17(9-11-18)23-22(26)20-16-19(30(27,28)24(2)3)12-13-21(20)25-14-6-5-7-15-25/h8-13,16H,4-7,14-15H2,1-3H3,(H,23,26). The Hall–Kier alpha value is -2.58. The second-order valence-electron chi connectivity index (χ2n) is 7.43. The van der Waals surface area contributed by atoms with Crippen LogP contribution in [-0.2, 0) is 10.0 Å². The molecule has 2 aromatic carbocycles. The number of anilines is 2. The van der Waals surface area contributed by atoms with Crippen LogP contribution in [0, 0.1) is 0 Å². The fourth-order valence-electron chi connectivity index (χ4n) is 3.48. The molecule has 0 saturated carbocycles. The molecule has 30 heavy (non-hydrogen) atoms. The van der Waals surface area contributed by atoms with Gasteiger partial charge in [-0.25, -0.2) is 12.7 Å². The highest BCUT2D eigenvalue weighted by molar-refractivity contribution is 7.89. The smallest absolute Gasteiger partial charge is 0.257 e. The third-order valence-corrected chi connectivity index (χ3v) is 6.92. The van der Waals surface area contributed by atoms with Crippen molar-refractivity contribution in [3.8, 4) is 5.75 Å². The first-order chi connectivity index (χ1) is 14.3. The lowest BCUT2D eigenvalue weighted by Gasteiger charge is -2.30. The molecule has 1 aliphatic rings. The topological polar surface area (TPSA) is 78.9 Å². The fourth-order valence-corrected chi connectivity index (χ4v) is 4.41. The molecule has 0 spiro atoms. The summed E-state index contributed by atoms with van der Waals surface area (Å²) in [7, 11) is -0.687. The molecule has 1 N–H and O–H groups in total. The monoisotopic (exact) mass is 431 g/mol. The van der Waals surface area contributed by atoms with Gasteiger partial charge < -0.3 is 15.0 Å². The van der Waals surface area contributed by atoms with Crippen LogP contribution in [0.2, 0.25) is 0 Å². The maximum absolute atomic E-state index is 13.2. The molecule has 1 saturated heterocycles. The second-order valence-corrected chi connectivity index (χ2v) is 9.58. The summed E-state index contributed by atoms with van der Waals surface area (Å²) in [6.07, 6.45) is 3.27. The van der Waals surface area contributed by atoms with Gasteiger partial charge in [0.25, 0.3) is 5.91 Å². The number of amides is 1. The predicted molar refractivity (Wildman–Crippen MR) is 119 cm³/mol. The van der Waals surface area contributed by atoms with Gasteiger partial charge in [-0.15, -0.1) is 0 Å². The zero-order valence-electron chi connectivity index (χ0n) is 17.7. The van der Waals surface area contributed by atoms with Gasteiger partial charge in [-0.2, -0.15) is 0 Å². The molecule has 1 heterocycles. The molecule has 1 fully saturated rings. The molecule has 3 rings (SSSR count). The van der Waals surface area contributed by atoms with Crippen molar-refractivity contribution in [2.45, 2.75) is 31.1 Å². The third-order valence-electron chi connectivity index (χ3n) is 5.11. The molecule has 0 radical (unpaired) electrons. The summed E-state index contributed by atoms with van der Waals surface area (Å²) in [6, 6.07) is 11.9. The second kappa shape index (κ2) is 9.49. The van der Waals surface area contributed by atoms with E-state index in [1.54, 1.807) is 36.4 Å². The quantitative estimate of drug-likeness (QED) is 0.725. The highest BCUT2D eigenvalue weighted by Crippen LogP contribution is 2.29. The van der Waals surface area contributed by atoms with Crippen molar-refractivity contribution in [3.05, 3.63) is 48.0 Å². The Kier molecular flexibility index (Phi) is 6.99. The molecule has 0 aliphatic carbocycles. The molecule has 1 amide bonds. The molecule has 1 aliphatic heterocycles. The number of hydrogen-bond donors (Lipinski definition) is 1. The highest BCUT2D eigenvalue weighted by atomic mass is 32.2. The van der Waals surface area contributed by atoms with Crippen molar-refractivity contribution in [1.29, 1.82) is 0 Å². The molecule has 0 bridgehead atoms. The van der Waals surface area contributed by atoms with Crippen molar-refractivity contribution in [2.75, 3.05) is 44.0 Å². The minimum atomic E-state index is -3.65. The van der Waals surface area contributed by atoms with Crippen LogP contribution in [0.3, 0.4) is 0 Å². The lowest BCUT2D eigenvalue weighted by Crippen LogP contribution is -2.32. The fraction of sp³-hybridized carbons (Fsp3) is 0.409. The summed E-state index contributed by atoms with van der Waals surface area (Å²) in [4.78, 5) is 15.4. The first-order valence-electron chi connectivity index (χ1n) is 10.2. The van der Waals surface area contributed by atoms with Gasteiger partial charge in [0.15, 0.2) is 0 Å². The van der Waals surface area contributed by atoms with Crippen molar-refractivity contribution >= 4 is 27.3 Å². The maximum Gasteiger partial charge on any atom is 0.257 e. The minimum Gasteiger partial charge on any atom is -0.494 e. The normalized spacial score (nSPS) is 14.6. The maximum atomic E-state index is 13.2. The first-order valence-corrected chi connectivity index (χ1v) is 11.6. The SMILES string of the molecule is CCOc1ccc(NC(=O)c2cc(S(=O)(=O)N(C)C)ccc2N2CCCCC2)cc1. The summed E-state index contributed by atoms with van der Waals surface area (Å²) in [5, 5.41) is 2.89. The molecular weight excluding hydrogens is 402 g/mol. The largest absolute Gasteiger partial charge is 0.494 e. The molecule has 162 valence electrons. The van der Waals surface area contributed by atoms with Crippen LogP contribution in [0.15, 0.2) is 47.4 Å². The molecule has 8 heteroatoms. The summed E-state index contributed by atoms with van der Waals surface area (Å²) in [6.45, 7) is 4.18. The van der Waals surface area contributed by atoms with Crippen molar-refractivity contribution in [2.24, 2.45) is 0 Å². The van der Waals surface area contributed by atoms with E-state index < -0.39 is 10.0 Å². The zero-order chi connectivity index (χ0) is 21.7. The minimum absolute atomic E-state index is 0.102. The Labute approximate surface area is 178 Å². The number of rotatable bonds is 7. The van der Waals surface area contributed by atoms with Crippen LogP contribution in [0.25, 0.3) is 0 Å². The molecule has 2 aromatic rings. The van der Waals surface area contributed by atoms with Crippen LogP contribution in [0.5, 0.6) is 5.75 Å². The Bertz CT molecular complexity index is 982. The van der Waals surface area contributed by atoms with Crippen molar-refractivity contribution in [3.63, 3.8) is 0 Å². The van der Waals surface area contributed by atoms with Gasteiger partial charge in [0.2, 0.25) is 10.0 Å². The van der Waals surface area contributed by atoms with Crippen LogP contribution in [0.4, 0.5) is 11.4 Å². The van der Waals surface area contributed by atoms with Gasteiger partial charge >= 0.3 is 0 Å². The first kappa shape index (κ1) is 22.1. The van der Waals surface area contributed by atoms with E-state index in [9.17, 15) is 13.2 Å². The van der Waals surface area contributed by atoms with Crippen LogP contribution in [0.1, 0.15) is 36.5 Å². The van der Waals surface area contributed by atoms with E-state index >= 15 is 0 Å². The summed E-state index contributed by atoms with van der Waals surface area (Å²) < 4.78 is 31.8. The third kappa shape index (κ3) is 4.94. The van der Waals surface area contributed by atoms with Gasteiger partial charge in [-0.1, -0.05) is 0 Å². The summed E-state index contributed by atoms with van der Waals surface area (Å²) in [5.41, 5.74) is 1.73. The van der Waals surface area contributed by atoms with E-state index in [-0.39, 0.29) is 10.8 Å². The van der Waals surface area contributed by atoms with Crippen molar-refractivity contribution in [1.82, 2.24) is 4.31 Å². The van der Waals surface area contributed by atoms with Crippen LogP contribution in [-0.4, -0.2) is 52.4 Å². The lowest BCUT2D eigenvalue weighted by atomic mass is 10.1. The molecule has 0 unspecified atom stereocenters. The van der Waals surface area contributed by atoms with E-state index in [2.05, 4.69) is 10.2 Å². The molecular formula is C22H29N3O4S. The Morgan fingerprint density at radius 1 is 1.07 bits per heavy atom. The number of nitrogens with zero attached hydrogens (tertiary/aromatic N) is 2.